The maximum atomic E-state index is 13.8. The van der Waals surface area contributed by atoms with E-state index in [0.717, 1.165) is 23.3 Å². The zero-order chi connectivity index (χ0) is 13.4. The fourth-order valence-electron chi connectivity index (χ4n) is 2.33. The van der Waals surface area contributed by atoms with E-state index < -0.39 is 5.38 Å². The maximum Gasteiger partial charge on any atom is 0.128 e. The van der Waals surface area contributed by atoms with Crippen molar-refractivity contribution in [2.45, 2.75) is 11.8 Å². The van der Waals surface area contributed by atoms with E-state index in [1.165, 1.54) is 6.07 Å². The Bertz CT molecular complexity index is 628. The number of fused-ring (bicyclic) bond motifs is 1. The number of benzene rings is 2. The zero-order valence-corrected chi connectivity index (χ0v) is 11.5. The number of rotatable bonds is 2. The highest BCUT2D eigenvalue weighted by molar-refractivity contribution is 6.31. The minimum absolute atomic E-state index is 0.325. The Hall–Kier alpha value is -1.25. The van der Waals surface area contributed by atoms with Gasteiger partial charge in [0.1, 0.15) is 11.6 Å². The number of hydrogen-bond donors (Lipinski definition) is 0. The lowest BCUT2D eigenvalue weighted by Gasteiger charge is -2.15. The Balaban J connectivity index is 2.10. The van der Waals surface area contributed by atoms with Gasteiger partial charge in [-0.05, 0) is 23.8 Å². The lowest BCUT2D eigenvalue weighted by Crippen LogP contribution is -2.00. The summed E-state index contributed by atoms with van der Waals surface area (Å²) in [5, 5.41) is -0.00649. The molecule has 1 unspecified atom stereocenters. The fraction of sp³-hybridized carbons (Fsp3) is 0.200. The van der Waals surface area contributed by atoms with Crippen molar-refractivity contribution >= 4 is 23.2 Å². The molecule has 1 nitrogen and oxygen atoms in total. The maximum absolute atomic E-state index is 13.8. The molecule has 0 spiro atoms. The van der Waals surface area contributed by atoms with Gasteiger partial charge in [0.15, 0.2) is 0 Å². The molecule has 1 heterocycles. The molecule has 0 radical (unpaired) electrons. The van der Waals surface area contributed by atoms with Crippen molar-refractivity contribution in [2.75, 3.05) is 6.61 Å². The van der Waals surface area contributed by atoms with Crippen LogP contribution in [0.3, 0.4) is 0 Å². The van der Waals surface area contributed by atoms with E-state index in [0.29, 0.717) is 17.2 Å². The molecule has 2 aromatic rings. The van der Waals surface area contributed by atoms with Crippen LogP contribution >= 0.6 is 23.2 Å². The third kappa shape index (κ3) is 2.31. The van der Waals surface area contributed by atoms with Gasteiger partial charge in [-0.25, -0.2) is 4.39 Å². The van der Waals surface area contributed by atoms with E-state index in [-0.39, 0.29) is 5.82 Å². The van der Waals surface area contributed by atoms with Crippen LogP contribution in [0.15, 0.2) is 36.4 Å². The molecule has 98 valence electrons. The highest BCUT2D eigenvalue weighted by Gasteiger charge is 2.24. The lowest BCUT2D eigenvalue weighted by atomic mass is 10.00. The van der Waals surface area contributed by atoms with E-state index >= 15 is 0 Å². The van der Waals surface area contributed by atoms with Gasteiger partial charge >= 0.3 is 0 Å². The molecule has 0 aliphatic carbocycles. The number of halogens is 3. The van der Waals surface area contributed by atoms with Crippen molar-refractivity contribution in [3.8, 4) is 5.75 Å². The molecule has 0 saturated heterocycles. The summed E-state index contributed by atoms with van der Waals surface area (Å²) in [6.07, 6.45) is 0.809. The van der Waals surface area contributed by atoms with Crippen molar-refractivity contribution in [2.24, 2.45) is 0 Å². The third-order valence-electron chi connectivity index (χ3n) is 3.23. The van der Waals surface area contributed by atoms with Crippen LogP contribution in [-0.4, -0.2) is 6.61 Å². The number of hydrogen-bond acceptors (Lipinski definition) is 1. The van der Waals surface area contributed by atoms with Gasteiger partial charge in [0, 0.05) is 22.6 Å². The standard InChI is InChI=1S/C15H11Cl2FO/c16-10-7-9-5-6-19-15(9)12(8-10)14(17)11-3-1-2-4-13(11)18/h1-4,7-8,14H,5-6H2. The van der Waals surface area contributed by atoms with Crippen LogP contribution in [0.25, 0.3) is 0 Å². The van der Waals surface area contributed by atoms with Crippen LogP contribution in [0.1, 0.15) is 22.1 Å². The first-order valence-electron chi connectivity index (χ1n) is 6.00. The summed E-state index contributed by atoms with van der Waals surface area (Å²) in [7, 11) is 0. The average molecular weight is 297 g/mol. The van der Waals surface area contributed by atoms with E-state index in [9.17, 15) is 4.39 Å². The Morgan fingerprint density at radius 1 is 1.16 bits per heavy atom. The van der Waals surface area contributed by atoms with Gasteiger partial charge in [0.05, 0.1) is 12.0 Å². The average Bonchev–Trinajstić information content (AvgIpc) is 2.85. The Morgan fingerprint density at radius 3 is 2.74 bits per heavy atom. The first kappa shape index (κ1) is 12.8. The van der Waals surface area contributed by atoms with E-state index in [2.05, 4.69) is 0 Å². The smallest absolute Gasteiger partial charge is 0.128 e. The van der Waals surface area contributed by atoms with Crippen LogP contribution in [0.2, 0.25) is 5.02 Å². The van der Waals surface area contributed by atoms with Gasteiger partial charge in [-0.2, -0.15) is 0 Å². The number of alkyl halides is 1. The molecule has 4 heteroatoms. The minimum Gasteiger partial charge on any atom is -0.493 e. The Kier molecular flexibility index (Phi) is 3.38. The third-order valence-corrected chi connectivity index (χ3v) is 3.92. The van der Waals surface area contributed by atoms with E-state index in [1.54, 1.807) is 24.3 Å². The Morgan fingerprint density at radius 2 is 1.95 bits per heavy atom. The summed E-state index contributed by atoms with van der Waals surface area (Å²) in [6.45, 7) is 0.615. The second kappa shape index (κ2) is 5.03. The van der Waals surface area contributed by atoms with Crippen LogP contribution in [0, 0.1) is 5.82 Å². The highest BCUT2D eigenvalue weighted by atomic mass is 35.5. The molecular formula is C15H11Cl2FO. The highest BCUT2D eigenvalue weighted by Crippen LogP contribution is 2.41. The topological polar surface area (TPSA) is 9.23 Å². The van der Waals surface area contributed by atoms with Crippen LogP contribution in [0.5, 0.6) is 5.75 Å². The second-order valence-electron chi connectivity index (χ2n) is 4.47. The van der Waals surface area contributed by atoms with Crippen LogP contribution in [-0.2, 0) is 6.42 Å². The van der Waals surface area contributed by atoms with Crippen LogP contribution in [0.4, 0.5) is 4.39 Å². The van der Waals surface area contributed by atoms with Gasteiger partial charge in [-0.1, -0.05) is 29.8 Å². The van der Waals surface area contributed by atoms with Gasteiger partial charge in [-0.3, -0.25) is 0 Å². The molecule has 0 bridgehead atoms. The Labute approximate surface area is 120 Å². The van der Waals surface area contributed by atoms with Gasteiger partial charge in [0.25, 0.3) is 0 Å². The molecule has 0 aromatic heterocycles. The fourth-order valence-corrected chi connectivity index (χ4v) is 2.92. The summed E-state index contributed by atoms with van der Waals surface area (Å²) in [6, 6.07) is 10.1. The molecule has 19 heavy (non-hydrogen) atoms. The minimum atomic E-state index is -0.605. The summed E-state index contributed by atoms with van der Waals surface area (Å²) < 4.78 is 19.4. The molecule has 0 amide bonds. The summed E-state index contributed by atoms with van der Waals surface area (Å²) in [5.74, 6) is 0.418. The predicted molar refractivity (Wildman–Crippen MR) is 74.7 cm³/mol. The lowest BCUT2D eigenvalue weighted by molar-refractivity contribution is 0.353. The largest absolute Gasteiger partial charge is 0.493 e. The molecule has 0 fully saturated rings. The quantitative estimate of drug-likeness (QED) is 0.727. The SMILES string of the molecule is Fc1ccccc1C(Cl)c1cc(Cl)cc2c1OCC2. The van der Waals surface area contributed by atoms with Gasteiger partial charge in [-0.15, -0.1) is 11.6 Å². The van der Waals surface area contributed by atoms with Gasteiger partial charge < -0.3 is 4.74 Å². The first-order chi connectivity index (χ1) is 9.16. The summed E-state index contributed by atoms with van der Waals surface area (Å²) in [5.41, 5.74) is 2.19. The molecule has 1 aliphatic rings. The molecule has 1 atom stereocenters. The van der Waals surface area contributed by atoms with Crippen LogP contribution < -0.4 is 4.74 Å². The van der Waals surface area contributed by atoms with Gasteiger partial charge in [0.2, 0.25) is 0 Å². The molecule has 0 N–H and O–H groups in total. The molecule has 3 rings (SSSR count). The van der Waals surface area contributed by atoms with Crippen molar-refractivity contribution in [1.29, 1.82) is 0 Å². The summed E-state index contributed by atoms with van der Waals surface area (Å²) in [4.78, 5) is 0. The van der Waals surface area contributed by atoms with Crippen molar-refractivity contribution in [3.05, 3.63) is 63.9 Å². The van der Waals surface area contributed by atoms with Crippen molar-refractivity contribution in [3.63, 3.8) is 0 Å². The molecule has 1 aliphatic heterocycles. The molecular weight excluding hydrogens is 286 g/mol. The molecule has 2 aromatic carbocycles. The monoisotopic (exact) mass is 296 g/mol. The van der Waals surface area contributed by atoms with Crippen molar-refractivity contribution in [1.82, 2.24) is 0 Å². The second-order valence-corrected chi connectivity index (χ2v) is 5.34. The van der Waals surface area contributed by atoms with E-state index in [1.807, 2.05) is 6.07 Å². The molecule has 0 saturated carbocycles. The predicted octanol–water partition coefficient (Wildman–Crippen LogP) is 4.74. The van der Waals surface area contributed by atoms with Crippen molar-refractivity contribution < 1.29 is 9.13 Å². The summed E-state index contributed by atoms with van der Waals surface area (Å²) >= 11 is 12.5. The normalized spacial score (nSPS) is 14.9. The zero-order valence-electron chi connectivity index (χ0n) is 10.00. The first-order valence-corrected chi connectivity index (χ1v) is 6.82. The van der Waals surface area contributed by atoms with E-state index in [4.69, 9.17) is 27.9 Å². The number of ether oxygens (including phenoxy) is 1.